The Morgan fingerprint density at radius 1 is 1.00 bits per heavy atom. The van der Waals surface area contributed by atoms with Crippen molar-refractivity contribution in [2.24, 2.45) is 0 Å². The summed E-state index contributed by atoms with van der Waals surface area (Å²) < 4.78 is 5.40. The number of rotatable bonds is 6. The molecule has 0 heterocycles. The summed E-state index contributed by atoms with van der Waals surface area (Å²) in [5.41, 5.74) is 6.42. The molecule has 0 aromatic heterocycles. The molecular weight excluding hydrogens is 318 g/mol. The molecule has 0 aliphatic heterocycles. The number of carbonyl (C=O) groups is 2. The normalized spacial score (nSPS) is 11.3. The number of hydrogen-bond donors (Lipinski definition) is 3. The van der Waals surface area contributed by atoms with E-state index in [0.717, 1.165) is 6.42 Å². The Balaban J connectivity index is 1.70. The van der Waals surface area contributed by atoms with Gasteiger partial charge in [-0.3, -0.25) is 10.2 Å². The van der Waals surface area contributed by atoms with E-state index in [1.807, 2.05) is 30.3 Å². The summed E-state index contributed by atoms with van der Waals surface area (Å²) in [4.78, 5) is 23.4. The largest absolute Gasteiger partial charge is 0.484 e. The number of para-hydroxylation sites is 1. The highest BCUT2D eigenvalue weighted by atomic mass is 16.5. The van der Waals surface area contributed by atoms with E-state index in [9.17, 15) is 9.59 Å². The van der Waals surface area contributed by atoms with Crippen molar-refractivity contribution < 1.29 is 14.3 Å². The second-order valence-corrected chi connectivity index (χ2v) is 5.66. The summed E-state index contributed by atoms with van der Waals surface area (Å²) in [6.45, 7) is 4.12. The van der Waals surface area contributed by atoms with Gasteiger partial charge in [0.1, 0.15) is 5.75 Å². The maximum absolute atomic E-state index is 11.7. The van der Waals surface area contributed by atoms with Crippen LogP contribution in [0.25, 0.3) is 0 Å². The number of hydrogen-bond acceptors (Lipinski definition) is 3. The third kappa shape index (κ3) is 6.18. The molecule has 2 aromatic carbocycles. The lowest BCUT2D eigenvalue weighted by Gasteiger charge is -2.11. The van der Waals surface area contributed by atoms with Crippen LogP contribution in [0.1, 0.15) is 31.7 Å². The molecule has 1 atom stereocenters. The SMILES string of the molecule is CCC(C)c1ccc(OCC(=O)NNC(=O)Nc2ccccc2)cc1. The molecule has 6 nitrogen and oxygen atoms in total. The lowest BCUT2D eigenvalue weighted by atomic mass is 9.99. The number of hydrazine groups is 1. The van der Waals surface area contributed by atoms with Crippen LogP contribution >= 0.6 is 0 Å². The smallest absolute Gasteiger partial charge is 0.337 e. The van der Waals surface area contributed by atoms with Crippen LogP contribution in [0.15, 0.2) is 54.6 Å². The molecule has 25 heavy (non-hydrogen) atoms. The first kappa shape index (κ1) is 18.3. The van der Waals surface area contributed by atoms with Crippen molar-refractivity contribution >= 4 is 17.6 Å². The van der Waals surface area contributed by atoms with E-state index in [1.54, 1.807) is 24.3 Å². The summed E-state index contributed by atoms with van der Waals surface area (Å²) in [5, 5.41) is 2.59. The molecule has 0 fully saturated rings. The maximum Gasteiger partial charge on any atom is 0.337 e. The molecule has 0 spiro atoms. The van der Waals surface area contributed by atoms with Gasteiger partial charge < -0.3 is 10.1 Å². The van der Waals surface area contributed by atoms with Gasteiger partial charge in [0.15, 0.2) is 6.61 Å². The van der Waals surface area contributed by atoms with Gasteiger partial charge in [0.2, 0.25) is 0 Å². The van der Waals surface area contributed by atoms with Crippen LogP contribution in [-0.2, 0) is 4.79 Å². The van der Waals surface area contributed by atoms with Gasteiger partial charge in [0.25, 0.3) is 5.91 Å². The van der Waals surface area contributed by atoms with Crippen molar-refractivity contribution in [1.82, 2.24) is 10.9 Å². The van der Waals surface area contributed by atoms with E-state index in [1.165, 1.54) is 5.56 Å². The molecule has 0 radical (unpaired) electrons. The number of urea groups is 1. The molecule has 0 aliphatic carbocycles. The number of amides is 3. The Bertz CT molecular complexity index is 687. The van der Waals surface area contributed by atoms with Crippen molar-refractivity contribution in [2.75, 3.05) is 11.9 Å². The number of benzene rings is 2. The van der Waals surface area contributed by atoms with Gasteiger partial charge in [-0.2, -0.15) is 0 Å². The summed E-state index contributed by atoms with van der Waals surface area (Å²) in [6, 6.07) is 16.1. The zero-order valence-electron chi connectivity index (χ0n) is 14.4. The van der Waals surface area contributed by atoms with E-state index < -0.39 is 11.9 Å². The lowest BCUT2D eigenvalue weighted by Crippen LogP contribution is -2.45. The third-order valence-electron chi connectivity index (χ3n) is 3.78. The average molecular weight is 341 g/mol. The second kappa shape index (κ2) is 9.32. The minimum absolute atomic E-state index is 0.186. The summed E-state index contributed by atoms with van der Waals surface area (Å²) in [6.07, 6.45) is 1.07. The first-order chi connectivity index (χ1) is 12.1. The van der Waals surface area contributed by atoms with Gasteiger partial charge in [-0.25, -0.2) is 10.2 Å². The Kier molecular flexibility index (Phi) is 6.83. The van der Waals surface area contributed by atoms with Crippen LogP contribution in [-0.4, -0.2) is 18.5 Å². The van der Waals surface area contributed by atoms with Crippen molar-refractivity contribution in [1.29, 1.82) is 0 Å². The lowest BCUT2D eigenvalue weighted by molar-refractivity contribution is -0.123. The van der Waals surface area contributed by atoms with Crippen LogP contribution in [0, 0.1) is 0 Å². The van der Waals surface area contributed by atoms with Gasteiger partial charge in [0.05, 0.1) is 0 Å². The Labute approximate surface area is 147 Å². The Morgan fingerprint density at radius 2 is 1.68 bits per heavy atom. The Morgan fingerprint density at radius 3 is 2.32 bits per heavy atom. The molecule has 0 aliphatic rings. The van der Waals surface area contributed by atoms with Crippen LogP contribution in [0.3, 0.4) is 0 Å². The fourth-order valence-electron chi connectivity index (χ4n) is 2.12. The van der Waals surface area contributed by atoms with Crippen LogP contribution in [0.4, 0.5) is 10.5 Å². The van der Waals surface area contributed by atoms with Crippen LogP contribution in [0.2, 0.25) is 0 Å². The third-order valence-corrected chi connectivity index (χ3v) is 3.78. The molecular formula is C19H23N3O3. The molecule has 132 valence electrons. The minimum Gasteiger partial charge on any atom is -0.484 e. The molecule has 3 N–H and O–H groups in total. The van der Waals surface area contributed by atoms with Crippen molar-refractivity contribution in [3.63, 3.8) is 0 Å². The van der Waals surface area contributed by atoms with E-state index in [0.29, 0.717) is 17.4 Å². The second-order valence-electron chi connectivity index (χ2n) is 5.66. The van der Waals surface area contributed by atoms with E-state index in [2.05, 4.69) is 30.0 Å². The maximum atomic E-state index is 11.7. The van der Waals surface area contributed by atoms with Crippen molar-refractivity contribution in [2.45, 2.75) is 26.2 Å². The van der Waals surface area contributed by atoms with E-state index in [4.69, 9.17) is 4.74 Å². The topological polar surface area (TPSA) is 79.5 Å². The van der Waals surface area contributed by atoms with Crippen LogP contribution in [0.5, 0.6) is 5.75 Å². The Hall–Kier alpha value is -3.02. The number of carbonyl (C=O) groups excluding carboxylic acids is 2. The molecule has 3 amide bonds. The zero-order chi connectivity index (χ0) is 18.1. The predicted octanol–water partition coefficient (Wildman–Crippen LogP) is 3.43. The van der Waals surface area contributed by atoms with Gasteiger partial charge in [-0.05, 0) is 42.2 Å². The molecule has 2 aromatic rings. The van der Waals surface area contributed by atoms with Gasteiger partial charge >= 0.3 is 6.03 Å². The fourth-order valence-corrected chi connectivity index (χ4v) is 2.12. The summed E-state index contributed by atoms with van der Waals surface area (Å²) in [7, 11) is 0. The number of anilines is 1. The highest BCUT2D eigenvalue weighted by Gasteiger charge is 2.07. The van der Waals surface area contributed by atoms with E-state index in [-0.39, 0.29) is 6.61 Å². The van der Waals surface area contributed by atoms with Crippen molar-refractivity contribution in [3.8, 4) is 5.75 Å². The monoisotopic (exact) mass is 341 g/mol. The first-order valence-electron chi connectivity index (χ1n) is 8.22. The highest BCUT2D eigenvalue weighted by molar-refractivity contribution is 5.91. The van der Waals surface area contributed by atoms with Gasteiger partial charge in [-0.1, -0.05) is 44.2 Å². The molecule has 0 saturated heterocycles. The number of nitrogens with one attached hydrogen (secondary N) is 3. The quantitative estimate of drug-likeness (QED) is 0.704. The van der Waals surface area contributed by atoms with Gasteiger partial charge in [0, 0.05) is 5.69 Å². The summed E-state index contributed by atoms with van der Waals surface area (Å²) in [5.74, 6) is 0.648. The molecule has 1 unspecified atom stereocenters. The molecule has 0 bridgehead atoms. The molecule has 0 saturated carbocycles. The number of ether oxygens (including phenoxy) is 1. The van der Waals surface area contributed by atoms with Gasteiger partial charge in [-0.15, -0.1) is 0 Å². The predicted molar refractivity (Wildman–Crippen MR) is 97.4 cm³/mol. The van der Waals surface area contributed by atoms with Crippen molar-refractivity contribution in [3.05, 3.63) is 60.2 Å². The zero-order valence-corrected chi connectivity index (χ0v) is 14.4. The minimum atomic E-state index is -0.530. The average Bonchev–Trinajstić information content (AvgIpc) is 2.65. The van der Waals surface area contributed by atoms with E-state index >= 15 is 0 Å². The molecule has 6 heteroatoms. The fraction of sp³-hybridized carbons (Fsp3) is 0.263. The summed E-state index contributed by atoms with van der Waals surface area (Å²) >= 11 is 0. The molecule has 2 rings (SSSR count). The van der Waals surface area contributed by atoms with Crippen LogP contribution < -0.4 is 20.9 Å². The highest BCUT2D eigenvalue weighted by Crippen LogP contribution is 2.21. The first-order valence-corrected chi connectivity index (χ1v) is 8.22. The standard InChI is InChI=1S/C19H23N3O3/c1-3-14(2)15-9-11-17(12-10-15)25-13-18(23)21-22-19(24)20-16-7-5-4-6-8-16/h4-12,14H,3,13H2,1-2H3,(H,21,23)(H2,20,22,24).